The van der Waals surface area contributed by atoms with E-state index < -0.39 is 17.8 Å². The van der Waals surface area contributed by atoms with Crippen LogP contribution in [0.1, 0.15) is 21.5 Å². The first-order valence-corrected chi connectivity index (χ1v) is 8.60. The number of carbonyl (C=O) groups excluding carboxylic acids is 1. The number of benzene rings is 3. The van der Waals surface area contributed by atoms with Crippen LogP contribution in [0.15, 0.2) is 72.8 Å². The minimum atomic E-state index is -1.07. The third-order valence-electron chi connectivity index (χ3n) is 4.28. The van der Waals surface area contributed by atoms with Gasteiger partial charge in [0.2, 0.25) is 0 Å². The first-order valence-electron chi connectivity index (χ1n) is 8.60. The van der Waals surface area contributed by atoms with Gasteiger partial charge < -0.3 is 15.5 Å². The number of carboxylic acids is 1. The SMILES string of the molecule is O=C(c1ccc(F)cc1)c1ccccc1NC(Cc1ccc(O)cc1)C(=O)O. The van der Waals surface area contributed by atoms with E-state index in [2.05, 4.69) is 5.32 Å². The maximum atomic E-state index is 13.1. The van der Waals surface area contributed by atoms with Gasteiger partial charge in [-0.05, 0) is 54.1 Å². The highest BCUT2D eigenvalue weighted by molar-refractivity contribution is 6.12. The Hall–Kier alpha value is -3.67. The van der Waals surface area contributed by atoms with Gasteiger partial charge in [-0.25, -0.2) is 9.18 Å². The van der Waals surface area contributed by atoms with E-state index in [0.29, 0.717) is 16.8 Å². The number of carbonyl (C=O) groups is 2. The molecule has 0 saturated carbocycles. The molecule has 3 aromatic rings. The summed E-state index contributed by atoms with van der Waals surface area (Å²) in [5.41, 5.74) is 1.70. The van der Waals surface area contributed by atoms with Crippen molar-refractivity contribution in [3.8, 4) is 5.75 Å². The third kappa shape index (κ3) is 4.54. The standard InChI is InChI=1S/C22H18FNO4/c23-16-9-7-15(8-10-16)21(26)18-3-1-2-4-19(18)24-20(22(27)28)13-14-5-11-17(25)12-6-14/h1-12,20,24-25H,13H2,(H,27,28). The fourth-order valence-electron chi connectivity index (χ4n) is 2.82. The zero-order chi connectivity index (χ0) is 20.1. The molecule has 0 spiro atoms. The zero-order valence-electron chi connectivity index (χ0n) is 14.8. The van der Waals surface area contributed by atoms with E-state index in [9.17, 15) is 24.2 Å². The lowest BCUT2D eigenvalue weighted by Gasteiger charge is -2.18. The lowest BCUT2D eigenvalue weighted by molar-refractivity contribution is -0.137. The summed E-state index contributed by atoms with van der Waals surface area (Å²) in [6.45, 7) is 0. The normalized spacial score (nSPS) is 11.6. The molecule has 142 valence electrons. The highest BCUT2D eigenvalue weighted by Crippen LogP contribution is 2.22. The highest BCUT2D eigenvalue weighted by Gasteiger charge is 2.21. The minimum Gasteiger partial charge on any atom is -0.508 e. The first kappa shape index (κ1) is 19.1. The first-order chi connectivity index (χ1) is 13.4. The van der Waals surface area contributed by atoms with Crippen LogP contribution < -0.4 is 5.32 Å². The predicted octanol–water partition coefficient (Wildman–Crippen LogP) is 3.87. The number of para-hydroxylation sites is 1. The third-order valence-corrected chi connectivity index (χ3v) is 4.28. The van der Waals surface area contributed by atoms with Gasteiger partial charge in [0.1, 0.15) is 17.6 Å². The largest absolute Gasteiger partial charge is 0.508 e. The van der Waals surface area contributed by atoms with Gasteiger partial charge in [0, 0.05) is 23.2 Å². The average Bonchev–Trinajstić information content (AvgIpc) is 2.69. The molecule has 0 aromatic heterocycles. The number of aromatic hydroxyl groups is 1. The number of phenolic OH excluding ortho intramolecular Hbond substituents is 1. The van der Waals surface area contributed by atoms with E-state index in [4.69, 9.17) is 0 Å². The van der Waals surface area contributed by atoms with E-state index in [-0.39, 0.29) is 18.0 Å². The number of hydrogen-bond acceptors (Lipinski definition) is 4. The van der Waals surface area contributed by atoms with Gasteiger partial charge in [0.15, 0.2) is 5.78 Å². The van der Waals surface area contributed by atoms with Crippen LogP contribution in [0.3, 0.4) is 0 Å². The number of rotatable bonds is 7. The van der Waals surface area contributed by atoms with Crippen LogP contribution in [0.5, 0.6) is 5.75 Å². The summed E-state index contributed by atoms with van der Waals surface area (Å²) in [7, 11) is 0. The van der Waals surface area contributed by atoms with Crippen LogP contribution in [0.25, 0.3) is 0 Å². The molecule has 0 aliphatic carbocycles. The van der Waals surface area contributed by atoms with Gasteiger partial charge in [0.25, 0.3) is 0 Å². The maximum absolute atomic E-state index is 13.1. The fourth-order valence-corrected chi connectivity index (χ4v) is 2.82. The Morgan fingerprint density at radius 2 is 1.57 bits per heavy atom. The Morgan fingerprint density at radius 3 is 2.21 bits per heavy atom. The molecule has 3 aromatic carbocycles. The van der Waals surface area contributed by atoms with Crippen molar-refractivity contribution in [2.24, 2.45) is 0 Å². The summed E-state index contributed by atoms with van der Waals surface area (Å²) in [5, 5.41) is 21.9. The number of anilines is 1. The van der Waals surface area contributed by atoms with E-state index in [0.717, 1.165) is 5.56 Å². The van der Waals surface area contributed by atoms with Crippen molar-refractivity contribution >= 4 is 17.4 Å². The van der Waals surface area contributed by atoms with Crippen molar-refractivity contribution in [2.45, 2.75) is 12.5 Å². The lowest BCUT2D eigenvalue weighted by Crippen LogP contribution is -2.32. The molecule has 0 fully saturated rings. The van der Waals surface area contributed by atoms with Crippen LogP contribution >= 0.6 is 0 Å². The van der Waals surface area contributed by atoms with E-state index in [1.54, 1.807) is 36.4 Å². The number of aliphatic carboxylic acids is 1. The van der Waals surface area contributed by atoms with Crippen LogP contribution in [0.2, 0.25) is 0 Å². The molecule has 5 nitrogen and oxygen atoms in total. The molecule has 1 unspecified atom stereocenters. The number of carboxylic acid groups (broad SMARTS) is 1. The second-order valence-electron chi connectivity index (χ2n) is 6.29. The van der Waals surface area contributed by atoms with Crippen molar-refractivity contribution < 1.29 is 24.2 Å². The highest BCUT2D eigenvalue weighted by atomic mass is 19.1. The number of nitrogens with one attached hydrogen (secondary N) is 1. The summed E-state index contributed by atoms with van der Waals surface area (Å²) >= 11 is 0. The Kier molecular flexibility index (Phi) is 5.69. The van der Waals surface area contributed by atoms with Gasteiger partial charge in [0.05, 0.1) is 0 Å². The van der Waals surface area contributed by atoms with Crippen molar-refractivity contribution in [1.82, 2.24) is 0 Å². The van der Waals surface area contributed by atoms with Crippen molar-refractivity contribution in [2.75, 3.05) is 5.32 Å². The summed E-state index contributed by atoms with van der Waals surface area (Å²) in [4.78, 5) is 24.5. The molecular weight excluding hydrogens is 361 g/mol. The molecule has 6 heteroatoms. The molecule has 0 heterocycles. The van der Waals surface area contributed by atoms with Crippen molar-refractivity contribution in [3.63, 3.8) is 0 Å². The molecule has 0 amide bonds. The number of ketones is 1. The summed E-state index contributed by atoms with van der Waals surface area (Å²) in [6.07, 6.45) is 0.161. The van der Waals surface area contributed by atoms with E-state index >= 15 is 0 Å². The van der Waals surface area contributed by atoms with Crippen LogP contribution in [0.4, 0.5) is 10.1 Å². The monoisotopic (exact) mass is 379 g/mol. The van der Waals surface area contributed by atoms with Gasteiger partial charge in [-0.1, -0.05) is 24.3 Å². The number of hydrogen-bond donors (Lipinski definition) is 3. The summed E-state index contributed by atoms with van der Waals surface area (Å²) in [6, 6.07) is 17.1. The van der Waals surface area contributed by atoms with Gasteiger partial charge in [-0.2, -0.15) is 0 Å². The molecule has 0 radical (unpaired) electrons. The Bertz CT molecular complexity index is 984. The lowest BCUT2D eigenvalue weighted by atomic mass is 10.00. The van der Waals surface area contributed by atoms with Crippen LogP contribution in [0, 0.1) is 5.82 Å². The van der Waals surface area contributed by atoms with Crippen molar-refractivity contribution in [1.29, 1.82) is 0 Å². The average molecular weight is 379 g/mol. The second-order valence-corrected chi connectivity index (χ2v) is 6.29. The Balaban J connectivity index is 1.86. The minimum absolute atomic E-state index is 0.0961. The molecular formula is C22H18FNO4. The summed E-state index contributed by atoms with van der Waals surface area (Å²) < 4.78 is 13.1. The fraction of sp³-hybridized carbons (Fsp3) is 0.0909. The van der Waals surface area contributed by atoms with Crippen molar-refractivity contribution in [3.05, 3.63) is 95.3 Å². The van der Waals surface area contributed by atoms with E-state index in [1.807, 2.05) is 0 Å². The van der Waals surface area contributed by atoms with Gasteiger partial charge >= 0.3 is 5.97 Å². The molecule has 0 aliphatic heterocycles. The molecule has 1 atom stereocenters. The van der Waals surface area contributed by atoms with E-state index in [1.165, 1.54) is 36.4 Å². The number of phenols is 1. The predicted molar refractivity (Wildman–Crippen MR) is 103 cm³/mol. The zero-order valence-corrected chi connectivity index (χ0v) is 14.8. The molecule has 3 rings (SSSR count). The molecule has 0 bridgehead atoms. The molecule has 0 aliphatic rings. The quantitative estimate of drug-likeness (QED) is 0.543. The smallest absolute Gasteiger partial charge is 0.326 e. The Labute approximate surface area is 161 Å². The molecule has 3 N–H and O–H groups in total. The maximum Gasteiger partial charge on any atom is 0.326 e. The van der Waals surface area contributed by atoms with Crippen LogP contribution in [-0.2, 0) is 11.2 Å². The second kappa shape index (κ2) is 8.35. The molecule has 0 saturated heterocycles. The Morgan fingerprint density at radius 1 is 0.929 bits per heavy atom. The number of halogens is 1. The van der Waals surface area contributed by atoms with Gasteiger partial charge in [-0.3, -0.25) is 4.79 Å². The topological polar surface area (TPSA) is 86.6 Å². The van der Waals surface area contributed by atoms with Gasteiger partial charge in [-0.15, -0.1) is 0 Å². The summed E-state index contributed by atoms with van der Waals surface area (Å²) in [5.74, 6) is -1.75. The molecule has 28 heavy (non-hydrogen) atoms. The van der Waals surface area contributed by atoms with Crippen LogP contribution in [-0.4, -0.2) is 28.0 Å².